The molecular weight excluding hydrogens is 254 g/mol. The second-order valence-electron chi connectivity index (χ2n) is 4.05. The monoisotopic (exact) mass is 271 g/mol. The Labute approximate surface area is 110 Å². The molecule has 1 aromatic rings. The maximum atomic E-state index is 9.25. The normalized spacial score (nSPS) is 15.4. The molecule has 0 amide bonds. The standard InChI is InChI=1S/C12H17NO4S/c13-10-4-12-11(16-1-2-17-12)3-8(10)6-18-7-9(15)5-14/h3-4,9,14-15H,1-2,5-7,13H2. The van der Waals surface area contributed by atoms with Crippen LogP contribution >= 0.6 is 11.8 Å². The third-order valence-electron chi connectivity index (χ3n) is 2.58. The van der Waals surface area contributed by atoms with E-state index in [1.165, 1.54) is 11.8 Å². The topological polar surface area (TPSA) is 84.9 Å². The summed E-state index contributed by atoms with van der Waals surface area (Å²) in [6.07, 6.45) is -0.687. The van der Waals surface area contributed by atoms with Crippen LogP contribution in [0, 0.1) is 0 Å². The van der Waals surface area contributed by atoms with E-state index in [9.17, 15) is 5.11 Å². The van der Waals surface area contributed by atoms with Gasteiger partial charge in [0.2, 0.25) is 0 Å². The molecule has 1 atom stereocenters. The molecule has 0 bridgehead atoms. The van der Waals surface area contributed by atoms with Crippen LogP contribution in [0.5, 0.6) is 11.5 Å². The minimum atomic E-state index is -0.687. The van der Waals surface area contributed by atoms with Crippen molar-refractivity contribution in [1.29, 1.82) is 0 Å². The quantitative estimate of drug-likeness (QED) is 0.681. The maximum Gasteiger partial charge on any atom is 0.163 e. The predicted octanol–water partition coefficient (Wildman–Crippen LogP) is 0.626. The first kappa shape index (κ1) is 13.3. The summed E-state index contributed by atoms with van der Waals surface area (Å²) in [6, 6.07) is 3.65. The molecule has 1 aliphatic rings. The first-order valence-electron chi connectivity index (χ1n) is 5.75. The number of aliphatic hydroxyl groups excluding tert-OH is 2. The van der Waals surface area contributed by atoms with Crippen molar-refractivity contribution in [2.24, 2.45) is 0 Å². The Bertz CT molecular complexity index is 413. The van der Waals surface area contributed by atoms with E-state index >= 15 is 0 Å². The van der Waals surface area contributed by atoms with Crippen LogP contribution in [0.4, 0.5) is 5.69 Å². The van der Waals surface area contributed by atoms with E-state index < -0.39 is 6.10 Å². The summed E-state index contributed by atoms with van der Waals surface area (Å²) in [6.45, 7) is 0.875. The molecule has 0 saturated carbocycles. The number of fused-ring (bicyclic) bond motifs is 1. The highest BCUT2D eigenvalue weighted by Crippen LogP contribution is 2.35. The van der Waals surface area contributed by atoms with Gasteiger partial charge in [-0.3, -0.25) is 0 Å². The van der Waals surface area contributed by atoms with Gasteiger partial charge in [-0.05, 0) is 11.6 Å². The third-order valence-corrected chi connectivity index (χ3v) is 3.72. The second-order valence-corrected chi connectivity index (χ2v) is 5.08. The van der Waals surface area contributed by atoms with Crippen molar-refractivity contribution in [3.8, 4) is 11.5 Å². The van der Waals surface area contributed by atoms with Gasteiger partial charge in [0.05, 0.1) is 12.7 Å². The third kappa shape index (κ3) is 3.22. The first-order chi connectivity index (χ1) is 8.70. The Morgan fingerprint density at radius 2 is 1.94 bits per heavy atom. The number of nitrogens with two attached hydrogens (primary N) is 1. The highest BCUT2D eigenvalue weighted by atomic mass is 32.2. The molecule has 0 spiro atoms. The Balaban J connectivity index is 2.00. The number of hydrogen-bond acceptors (Lipinski definition) is 6. The lowest BCUT2D eigenvalue weighted by Gasteiger charge is -2.20. The van der Waals surface area contributed by atoms with Crippen molar-refractivity contribution in [1.82, 2.24) is 0 Å². The maximum absolute atomic E-state index is 9.25. The number of thioether (sulfide) groups is 1. The average molecular weight is 271 g/mol. The van der Waals surface area contributed by atoms with Crippen molar-refractivity contribution in [2.45, 2.75) is 11.9 Å². The summed E-state index contributed by atoms with van der Waals surface area (Å²) in [5.74, 6) is 2.54. The largest absolute Gasteiger partial charge is 0.486 e. The number of benzene rings is 1. The van der Waals surface area contributed by atoms with Crippen molar-refractivity contribution in [3.05, 3.63) is 17.7 Å². The first-order valence-corrected chi connectivity index (χ1v) is 6.91. The molecular formula is C12H17NO4S. The Hall–Kier alpha value is -1.11. The molecule has 1 unspecified atom stereocenters. The molecule has 0 aliphatic carbocycles. The number of hydrogen-bond donors (Lipinski definition) is 3. The van der Waals surface area contributed by atoms with E-state index in [0.29, 0.717) is 41.9 Å². The molecule has 1 aromatic carbocycles. The predicted molar refractivity (Wildman–Crippen MR) is 71.1 cm³/mol. The molecule has 0 saturated heterocycles. The number of aliphatic hydroxyl groups is 2. The second kappa shape index (κ2) is 6.17. The minimum Gasteiger partial charge on any atom is -0.486 e. The molecule has 1 aliphatic heterocycles. The molecule has 0 fully saturated rings. The van der Waals surface area contributed by atoms with Gasteiger partial charge < -0.3 is 25.4 Å². The number of ether oxygens (including phenoxy) is 2. The van der Waals surface area contributed by atoms with E-state index in [1.807, 2.05) is 6.07 Å². The van der Waals surface area contributed by atoms with Gasteiger partial charge in [-0.2, -0.15) is 11.8 Å². The molecule has 6 heteroatoms. The van der Waals surface area contributed by atoms with Gasteiger partial charge in [0, 0.05) is 23.3 Å². The highest BCUT2D eigenvalue weighted by Gasteiger charge is 2.14. The summed E-state index contributed by atoms with van der Waals surface area (Å²) in [5.41, 5.74) is 7.54. The van der Waals surface area contributed by atoms with Crippen LogP contribution in [0.3, 0.4) is 0 Å². The fraction of sp³-hybridized carbons (Fsp3) is 0.500. The fourth-order valence-electron chi connectivity index (χ4n) is 1.63. The Morgan fingerprint density at radius 1 is 1.28 bits per heavy atom. The van der Waals surface area contributed by atoms with Crippen molar-refractivity contribution >= 4 is 17.4 Å². The number of anilines is 1. The minimum absolute atomic E-state index is 0.219. The molecule has 4 N–H and O–H groups in total. The van der Waals surface area contributed by atoms with E-state index in [2.05, 4.69) is 0 Å². The average Bonchev–Trinajstić information content (AvgIpc) is 2.39. The van der Waals surface area contributed by atoms with E-state index in [-0.39, 0.29) is 6.61 Å². The van der Waals surface area contributed by atoms with Gasteiger partial charge in [0.25, 0.3) is 0 Å². The van der Waals surface area contributed by atoms with Crippen LogP contribution in [-0.2, 0) is 5.75 Å². The molecule has 2 rings (SSSR count). The Kier molecular flexibility index (Phi) is 4.57. The Morgan fingerprint density at radius 3 is 2.61 bits per heavy atom. The van der Waals surface area contributed by atoms with E-state index in [0.717, 1.165) is 5.56 Å². The SMILES string of the molecule is Nc1cc2c(cc1CSCC(O)CO)OCCO2. The van der Waals surface area contributed by atoms with Crippen LogP contribution < -0.4 is 15.2 Å². The zero-order valence-corrected chi connectivity index (χ0v) is 10.8. The van der Waals surface area contributed by atoms with Crippen molar-refractivity contribution < 1.29 is 19.7 Å². The lowest BCUT2D eigenvalue weighted by Crippen LogP contribution is -2.16. The summed E-state index contributed by atoms with van der Waals surface area (Å²) in [7, 11) is 0. The molecule has 5 nitrogen and oxygen atoms in total. The van der Waals surface area contributed by atoms with Crippen molar-refractivity contribution in [3.63, 3.8) is 0 Å². The van der Waals surface area contributed by atoms with Crippen LogP contribution in [-0.4, -0.2) is 41.9 Å². The van der Waals surface area contributed by atoms with Crippen LogP contribution in [0.2, 0.25) is 0 Å². The smallest absolute Gasteiger partial charge is 0.163 e. The highest BCUT2D eigenvalue weighted by molar-refractivity contribution is 7.98. The fourth-order valence-corrected chi connectivity index (χ4v) is 2.59. The zero-order chi connectivity index (χ0) is 13.0. The van der Waals surface area contributed by atoms with Crippen LogP contribution in [0.1, 0.15) is 5.56 Å². The van der Waals surface area contributed by atoms with Gasteiger partial charge in [0.1, 0.15) is 13.2 Å². The van der Waals surface area contributed by atoms with Gasteiger partial charge in [-0.15, -0.1) is 0 Å². The van der Waals surface area contributed by atoms with Crippen LogP contribution in [0.15, 0.2) is 12.1 Å². The number of rotatable bonds is 5. The number of nitrogen functional groups attached to an aromatic ring is 1. The summed E-state index contributed by atoms with van der Waals surface area (Å²) in [5, 5.41) is 18.0. The van der Waals surface area contributed by atoms with Crippen molar-refractivity contribution in [2.75, 3.05) is 31.3 Å². The van der Waals surface area contributed by atoms with Crippen LogP contribution in [0.25, 0.3) is 0 Å². The zero-order valence-electron chi connectivity index (χ0n) is 9.96. The van der Waals surface area contributed by atoms with Gasteiger partial charge in [-0.1, -0.05) is 0 Å². The van der Waals surface area contributed by atoms with Gasteiger partial charge >= 0.3 is 0 Å². The molecule has 100 valence electrons. The summed E-state index contributed by atoms with van der Waals surface area (Å²) in [4.78, 5) is 0. The van der Waals surface area contributed by atoms with Gasteiger partial charge in [-0.25, -0.2) is 0 Å². The molecule has 1 heterocycles. The van der Waals surface area contributed by atoms with Gasteiger partial charge in [0.15, 0.2) is 11.5 Å². The van der Waals surface area contributed by atoms with E-state index in [4.69, 9.17) is 20.3 Å². The summed E-state index contributed by atoms with van der Waals surface area (Å²) < 4.78 is 10.9. The summed E-state index contributed by atoms with van der Waals surface area (Å²) >= 11 is 1.52. The lowest BCUT2D eigenvalue weighted by atomic mass is 10.2. The molecule has 18 heavy (non-hydrogen) atoms. The molecule has 0 aromatic heterocycles. The molecule has 0 radical (unpaired) electrons. The lowest BCUT2D eigenvalue weighted by molar-refractivity contribution is 0.113. The van der Waals surface area contributed by atoms with E-state index in [1.54, 1.807) is 6.07 Å².